The number of nitrogens with zero attached hydrogens (tertiary/aromatic N) is 2. The number of Topliss-reactive ketones (excluding diaryl/α,β-unsaturated/α-hetero) is 1. The molecule has 0 radical (unpaired) electrons. The molecule has 0 bridgehead atoms. The lowest BCUT2D eigenvalue weighted by molar-refractivity contribution is -0.129. The van der Waals surface area contributed by atoms with E-state index in [1.807, 2.05) is 17.5 Å². The second kappa shape index (κ2) is 9.09. The van der Waals surface area contributed by atoms with Crippen LogP contribution < -0.4 is 5.32 Å². The highest BCUT2D eigenvalue weighted by atomic mass is 32.1. The van der Waals surface area contributed by atoms with Crippen LogP contribution in [0.15, 0.2) is 28.1 Å². The van der Waals surface area contributed by atoms with E-state index in [9.17, 15) is 9.59 Å². The van der Waals surface area contributed by atoms with Crippen molar-refractivity contribution in [2.24, 2.45) is 5.92 Å². The van der Waals surface area contributed by atoms with Crippen molar-refractivity contribution in [2.45, 2.75) is 32.1 Å². The Balaban J connectivity index is 1.26. The summed E-state index contributed by atoms with van der Waals surface area (Å²) in [5.74, 6) is 1.02. The topological polar surface area (TPSA) is 75.4 Å². The van der Waals surface area contributed by atoms with Gasteiger partial charge in [0.05, 0.1) is 10.8 Å². The lowest BCUT2D eigenvalue weighted by Gasteiger charge is -2.37. The van der Waals surface area contributed by atoms with Crippen LogP contribution in [0, 0.1) is 5.92 Å². The number of unbranched alkanes of at least 4 members (excludes halogenated alkanes) is 3. The maximum atomic E-state index is 12.2. The van der Waals surface area contributed by atoms with E-state index in [2.05, 4.69) is 15.4 Å². The van der Waals surface area contributed by atoms with Crippen LogP contribution in [-0.2, 0) is 4.79 Å². The third kappa shape index (κ3) is 4.80. The van der Waals surface area contributed by atoms with Gasteiger partial charge in [-0.15, -0.1) is 11.3 Å². The molecule has 1 N–H and O–H groups in total. The first-order valence-corrected chi connectivity index (χ1v) is 10.0. The number of carbonyl (C=O) groups excluding carboxylic acids is 2. The van der Waals surface area contributed by atoms with E-state index in [1.165, 1.54) is 0 Å². The highest BCUT2D eigenvalue weighted by Gasteiger charge is 2.31. The van der Waals surface area contributed by atoms with Gasteiger partial charge in [0.1, 0.15) is 5.69 Å². The number of carbonyl (C=O) groups is 2. The summed E-state index contributed by atoms with van der Waals surface area (Å²) in [7, 11) is 1.69. The van der Waals surface area contributed by atoms with Gasteiger partial charge in [0.15, 0.2) is 11.5 Å². The fourth-order valence-corrected chi connectivity index (χ4v) is 3.84. The van der Waals surface area contributed by atoms with E-state index in [0.717, 1.165) is 50.2 Å². The highest BCUT2D eigenvalue weighted by Crippen LogP contribution is 2.25. The monoisotopic (exact) mass is 375 g/mol. The van der Waals surface area contributed by atoms with Crippen LogP contribution in [0.2, 0.25) is 0 Å². The fraction of sp³-hybridized carbons (Fsp3) is 0.526. The molecule has 0 aromatic carbocycles. The lowest BCUT2D eigenvalue weighted by atomic mass is 9.98. The maximum absolute atomic E-state index is 12.2. The molecule has 2 aromatic rings. The number of thiophene rings is 1. The van der Waals surface area contributed by atoms with E-state index in [0.29, 0.717) is 17.9 Å². The molecule has 1 aliphatic rings. The Morgan fingerprint density at radius 2 is 2.12 bits per heavy atom. The van der Waals surface area contributed by atoms with Crippen molar-refractivity contribution in [1.29, 1.82) is 0 Å². The molecule has 7 heteroatoms. The van der Waals surface area contributed by atoms with Crippen LogP contribution in [-0.4, -0.2) is 48.4 Å². The molecular weight excluding hydrogens is 350 g/mol. The van der Waals surface area contributed by atoms with Crippen molar-refractivity contribution in [2.75, 3.05) is 26.7 Å². The Kier molecular flexibility index (Phi) is 6.57. The van der Waals surface area contributed by atoms with Crippen molar-refractivity contribution >= 4 is 23.0 Å². The smallest absolute Gasteiger partial charge is 0.225 e. The molecular formula is C19H25N3O3S. The summed E-state index contributed by atoms with van der Waals surface area (Å²) in [6, 6.07) is 5.64. The van der Waals surface area contributed by atoms with Crippen LogP contribution in [0.4, 0.5) is 0 Å². The van der Waals surface area contributed by atoms with Crippen LogP contribution in [0.1, 0.15) is 42.6 Å². The Labute approximate surface area is 157 Å². The summed E-state index contributed by atoms with van der Waals surface area (Å²) in [5.41, 5.74) is 0.425. The molecule has 3 rings (SSSR count). The number of likely N-dealkylation sites (tertiary alicyclic amines) is 1. The summed E-state index contributed by atoms with van der Waals surface area (Å²) >= 11 is 1.57. The largest absolute Gasteiger partial charge is 0.359 e. The van der Waals surface area contributed by atoms with E-state index < -0.39 is 0 Å². The zero-order valence-electron chi connectivity index (χ0n) is 15.1. The Morgan fingerprint density at radius 1 is 1.31 bits per heavy atom. The van der Waals surface area contributed by atoms with Crippen LogP contribution in [0.3, 0.4) is 0 Å². The zero-order valence-corrected chi connectivity index (χ0v) is 15.9. The van der Waals surface area contributed by atoms with Crippen LogP contribution in [0.25, 0.3) is 10.6 Å². The molecule has 0 spiro atoms. The molecule has 1 saturated heterocycles. The van der Waals surface area contributed by atoms with Gasteiger partial charge in [-0.2, -0.15) is 0 Å². The van der Waals surface area contributed by atoms with Crippen LogP contribution >= 0.6 is 11.3 Å². The molecule has 3 heterocycles. The van der Waals surface area contributed by atoms with Gasteiger partial charge in [0.2, 0.25) is 5.91 Å². The van der Waals surface area contributed by atoms with Crippen molar-refractivity contribution in [3.8, 4) is 10.6 Å². The molecule has 140 valence electrons. The van der Waals surface area contributed by atoms with Gasteiger partial charge in [-0.05, 0) is 30.8 Å². The Bertz CT molecular complexity index is 720. The normalized spacial score (nSPS) is 15.0. The minimum absolute atomic E-state index is 0.0488. The van der Waals surface area contributed by atoms with Gasteiger partial charge in [0.25, 0.3) is 0 Å². The SMILES string of the molecule is CNC(=O)C1CN(CCCCCCC(=O)c2cc(-c3cccs3)on2)C1. The zero-order chi connectivity index (χ0) is 18.4. The summed E-state index contributed by atoms with van der Waals surface area (Å²) in [5, 5.41) is 8.57. The molecule has 0 saturated carbocycles. The minimum Gasteiger partial charge on any atom is -0.359 e. The first-order valence-electron chi connectivity index (χ1n) is 9.15. The molecule has 0 unspecified atom stereocenters. The van der Waals surface area contributed by atoms with Crippen molar-refractivity contribution in [3.05, 3.63) is 29.3 Å². The quantitative estimate of drug-likeness (QED) is 0.510. The lowest BCUT2D eigenvalue weighted by Crippen LogP contribution is -2.53. The van der Waals surface area contributed by atoms with Crippen LogP contribution in [0.5, 0.6) is 0 Å². The standard InChI is InChI=1S/C19H25N3O3S/c1-20-19(24)14-12-22(13-14)9-5-3-2-4-7-16(23)15-11-17(25-21-15)18-8-6-10-26-18/h6,8,10-11,14H,2-5,7,9,12-13H2,1H3,(H,20,24). The molecule has 1 amide bonds. The molecule has 0 aliphatic carbocycles. The van der Waals surface area contributed by atoms with Gasteiger partial charge in [-0.1, -0.05) is 24.1 Å². The number of ketones is 1. The fourth-order valence-electron chi connectivity index (χ4n) is 3.17. The number of nitrogens with one attached hydrogen (secondary N) is 1. The minimum atomic E-state index is 0.0488. The molecule has 2 aromatic heterocycles. The van der Waals surface area contributed by atoms with Gasteiger partial charge in [-0.25, -0.2) is 0 Å². The number of hydrogen-bond acceptors (Lipinski definition) is 6. The summed E-state index contributed by atoms with van der Waals surface area (Å²) in [6.45, 7) is 2.78. The van der Waals surface area contributed by atoms with Gasteiger partial charge in [0, 0.05) is 32.6 Å². The second-order valence-corrected chi connectivity index (χ2v) is 7.66. The number of aromatic nitrogens is 1. The first kappa shape index (κ1) is 18.8. The third-order valence-corrected chi connectivity index (χ3v) is 5.65. The summed E-state index contributed by atoms with van der Waals surface area (Å²) in [6.07, 6.45) is 4.64. The Morgan fingerprint density at radius 3 is 2.85 bits per heavy atom. The predicted octanol–water partition coefficient (Wildman–Crippen LogP) is 3.21. The van der Waals surface area contributed by atoms with E-state index >= 15 is 0 Å². The second-order valence-electron chi connectivity index (χ2n) is 6.71. The average molecular weight is 375 g/mol. The Hall–Kier alpha value is -1.99. The van der Waals surface area contributed by atoms with Crippen molar-refractivity contribution in [3.63, 3.8) is 0 Å². The van der Waals surface area contributed by atoms with Crippen molar-refractivity contribution in [1.82, 2.24) is 15.4 Å². The van der Waals surface area contributed by atoms with E-state index in [-0.39, 0.29) is 17.6 Å². The summed E-state index contributed by atoms with van der Waals surface area (Å²) < 4.78 is 5.26. The van der Waals surface area contributed by atoms with Crippen molar-refractivity contribution < 1.29 is 14.1 Å². The average Bonchev–Trinajstić information content (AvgIpc) is 3.29. The molecule has 1 aliphatic heterocycles. The molecule has 6 nitrogen and oxygen atoms in total. The first-order chi connectivity index (χ1) is 12.7. The van der Waals surface area contributed by atoms with Gasteiger partial charge >= 0.3 is 0 Å². The third-order valence-electron chi connectivity index (χ3n) is 4.76. The van der Waals surface area contributed by atoms with Gasteiger partial charge < -0.3 is 14.7 Å². The maximum Gasteiger partial charge on any atom is 0.225 e. The number of rotatable bonds is 10. The number of amides is 1. The molecule has 26 heavy (non-hydrogen) atoms. The molecule has 0 atom stereocenters. The van der Waals surface area contributed by atoms with Gasteiger partial charge in [-0.3, -0.25) is 9.59 Å². The van der Waals surface area contributed by atoms with E-state index in [4.69, 9.17) is 4.52 Å². The van der Waals surface area contributed by atoms with E-state index in [1.54, 1.807) is 24.5 Å². The predicted molar refractivity (Wildman–Crippen MR) is 101 cm³/mol. The summed E-state index contributed by atoms with van der Waals surface area (Å²) in [4.78, 5) is 26.9. The number of hydrogen-bond donors (Lipinski definition) is 1. The molecule has 1 fully saturated rings. The highest BCUT2D eigenvalue weighted by molar-refractivity contribution is 7.13.